The van der Waals surface area contributed by atoms with Crippen molar-refractivity contribution in [2.75, 3.05) is 6.61 Å². The molecule has 102 valence electrons. The van der Waals surface area contributed by atoms with Gasteiger partial charge >= 0.3 is 0 Å². The van der Waals surface area contributed by atoms with Gasteiger partial charge in [0.25, 0.3) is 0 Å². The number of nitrogens with two attached hydrogens (primary N) is 1. The highest BCUT2D eigenvalue weighted by Crippen LogP contribution is 2.29. The summed E-state index contributed by atoms with van der Waals surface area (Å²) in [6, 6.07) is 9.07. The first-order chi connectivity index (χ1) is 9.69. The molecule has 0 fully saturated rings. The average Bonchev–Trinajstić information content (AvgIpc) is 2.89. The summed E-state index contributed by atoms with van der Waals surface area (Å²) in [6.07, 6.45) is 1.68. The van der Waals surface area contributed by atoms with Crippen LogP contribution in [0, 0.1) is 6.92 Å². The Morgan fingerprint density at radius 3 is 2.90 bits per heavy atom. The number of furan rings is 1. The van der Waals surface area contributed by atoms with Crippen LogP contribution in [0.4, 0.5) is 0 Å². The molecule has 0 saturated carbocycles. The number of aromatic nitrogens is 2. The minimum absolute atomic E-state index is 0.185. The van der Waals surface area contributed by atoms with Crippen molar-refractivity contribution in [1.82, 2.24) is 9.97 Å². The van der Waals surface area contributed by atoms with Gasteiger partial charge in [-0.25, -0.2) is 9.97 Å². The summed E-state index contributed by atoms with van der Waals surface area (Å²) in [6.45, 7) is 1.69. The Kier molecular flexibility index (Phi) is 3.22. The second-order valence-electron chi connectivity index (χ2n) is 4.69. The van der Waals surface area contributed by atoms with Gasteiger partial charge in [0, 0.05) is 16.6 Å². The van der Waals surface area contributed by atoms with Crippen molar-refractivity contribution in [2.45, 2.75) is 13.0 Å². The van der Waals surface area contributed by atoms with E-state index in [1.165, 1.54) is 0 Å². The van der Waals surface area contributed by atoms with Crippen molar-refractivity contribution in [3.63, 3.8) is 0 Å². The molecule has 2 aromatic heterocycles. The van der Waals surface area contributed by atoms with E-state index in [1.54, 1.807) is 6.26 Å². The average molecular weight is 269 g/mol. The van der Waals surface area contributed by atoms with Crippen molar-refractivity contribution in [1.29, 1.82) is 0 Å². The summed E-state index contributed by atoms with van der Waals surface area (Å²) in [5.41, 5.74) is 9.07. The highest BCUT2D eigenvalue weighted by atomic mass is 16.3. The van der Waals surface area contributed by atoms with Crippen molar-refractivity contribution in [3.05, 3.63) is 48.1 Å². The standard InChI is InChI=1S/C15H15N3O2/c1-9-6-13(18-15(17-9)12(16)7-19)11-8-20-14-5-3-2-4-10(11)14/h2-6,8,12,19H,7,16H2,1H3. The molecule has 1 atom stereocenters. The number of hydrogen-bond acceptors (Lipinski definition) is 5. The lowest BCUT2D eigenvalue weighted by Crippen LogP contribution is -2.18. The molecular formula is C15H15N3O2. The van der Waals surface area contributed by atoms with Crippen molar-refractivity contribution in [2.24, 2.45) is 5.73 Å². The lowest BCUT2D eigenvalue weighted by molar-refractivity contribution is 0.263. The normalized spacial score (nSPS) is 12.8. The second-order valence-corrected chi connectivity index (χ2v) is 4.69. The Morgan fingerprint density at radius 2 is 2.10 bits per heavy atom. The van der Waals surface area contributed by atoms with E-state index in [2.05, 4.69) is 9.97 Å². The van der Waals surface area contributed by atoms with E-state index in [9.17, 15) is 0 Å². The summed E-state index contributed by atoms with van der Waals surface area (Å²) in [5.74, 6) is 0.438. The fourth-order valence-corrected chi connectivity index (χ4v) is 2.15. The van der Waals surface area contributed by atoms with Crippen LogP contribution in [0.2, 0.25) is 0 Å². The molecule has 1 unspecified atom stereocenters. The Labute approximate surface area is 116 Å². The number of para-hydroxylation sites is 1. The summed E-state index contributed by atoms with van der Waals surface area (Å²) >= 11 is 0. The SMILES string of the molecule is Cc1cc(-c2coc3ccccc23)nc(C(N)CO)n1. The van der Waals surface area contributed by atoms with E-state index in [-0.39, 0.29) is 6.61 Å². The van der Waals surface area contributed by atoms with Crippen LogP contribution in [0.15, 0.2) is 41.0 Å². The van der Waals surface area contributed by atoms with Crippen LogP contribution in [0.1, 0.15) is 17.6 Å². The Bertz CT molecular complexity index is 752. The monoisotopic (exact) mass is 269 g/mol. The van der Waals surface area contributed by atoms with E-state index >= 15 is 0 Å². The predicted molar refractivity (Wildman–Crippen MR) is 76.0 cm³/mol. The van der Waals surface area contributed by atoms with Gasteiger partial charge in [-0.15, -0.1) is 0 Å². The maximum atomic E-state index is 9.15. The van der Waals surface area contributed by atoms with Crippen LogP contribution in [-0.2, 0) is 0 Å². The highest BCUT2D eigenvalue weighted by Gasteiger charge is 2.14. The summed E-state index contributed by atoms with van der Waals surface area (Å²) in [5, 5.41) is 10.1. The van der Waals surface area contributed by atoms with Crippen LogP contribution in [-0.4, -0.2) is 21.7 Å². The third-order valence-corrected chi connectivity index (χ3v) is 3.16. The van der Waals surface area contributed by atoms with Gasteiger partial charge in [-0.05, 0) is 19.1 Å². The van der Waals surface area contributed by atoms with Gasteiger partial charge in [-0.1, -0.05) is 18.2 Å². The molecule has 2 heterocycles. The van der Waals surface area contributed by atoms with E-state index < -0.39 is 6.04 Å². The first-order valence-electron chi connectivity index (χ1n) is 6.37. The molecule has 3 rings (SSSR count). The number of aliphatic hydroxyl groups is 1. The first kappa shape index (κ1) is 12.8. The van der Waals surface area contributed by atoms with Crippen LogP contribution < -0.4 is 5.73 Å². The molecule has 0 spiro atoms. The fourth-order valence-electron chi connectivity index (χ4n) is 2.15. The molecular weight excluding hydrogens is 254 g/mol. The zero-order chi connectivity index (χ0) is 14.1. The van der Waals surface area contributed by atoms with Gasteiger partial charge in [-0.2, -0.15) is 0 Å². The molecule has 3 N–H and O–H groups in total. The van der Waals surface area contributed by atoms with Gasteiger partial charge in [-0.3, -0.25) is 0 Å². The quantitative estimate of drug-likeness (QED) is 0.761. The van der Waals surface area contributed by atoms with E-state index in [4.69, 9.17) is 15.3 Å². The lowest BCUT2D eigenvalue weighted by atomic mass is 10.1. The number of benzene rings is 1. The third-order valence-electron chi connectivity index (χ3n) is 3.16. The Balaban J connectivity index is 2.16. The molecule has 5 heteroatoms. The first-order valence-corrected chi connectivity index (χ1v) is 6.37. The van der Waals surface area contributed by atoms with Gasteiger partial charge < -0.3 is 15.3 Å². The molecule has 1 aromatic carbocycles. The van der Waals surface area contributed by atoms with Crippen LogP contribution in [0.25, 0.3) is 22.2 Å². The fraction of sp³-hybridized carbons (Fsp3) is 0.200. The molecule has 0 amide bonds. The van der Waals surface area contributed by atoms with Crippen molar-refractivity contribution in [3.8, 4) is 11.3 Å². The minimum Gasteiger partial charge on any atom is -0.464 e. The van der Waals surface area contributed by atoms with Crippen LogP contribution in [0.5, 0.6) is 0 Å². The molecule has 20 heavy (non-hydrogen) atoms. The Hall–Kier alpha value is -2.24. The van der Waals surface area contributed by atoms with Crippen molar-refractivity contribution < 1.29 is 9.52 Å². The Morgan fingerprint density at radius 1 is 1.30 bits per heavy atom. The zero-order valence-corrected chi connectivity index (χ0v) is 11.1. The van der Waals surface area contributed by atoms with Gasteiger partial charge in [0.2, 0.25) is 0 Å². The lowest BCUT2D eigenvalue weighted by Gasteiger charge is -2.09. The van der Waals surface area contributed by atoms with Crippen LogP contribution >= 0.6 is 0 Å². The number of fused-ring (bicyclic) bond motifs is 1. The topological polar surface area (TPSA) is 85.2 Å². The summed E-state index contributed by atoms with van der Waals surface area (Å²) in [7, 11) is 0. The highest BCUT2D eigenvalue weighted by molar-refractivity contribution is 5.92. The predicted octanol–water partition coefficient (Wildman–Crippen LogP) is 2.19. The van der Waals surface area contributed by atoms with Gasteiger partial charge in [0.1, 0.15) is 17.7 Å². The van der Waals surface area contributed by atoms with Gasteiger partial charge in [0.15, 0.2) is 0 Å². The van der Waals surface area contributed by atoms with Crippen LogP contribution in [0.3, 0.4) is 0 Å². The molecule has 0 radical (unpaired) electrons. The second kappa shape index (κ2) is 5.03. The molecule has 0 aliphatic heterocycles. The summed E-state index contributed by atoms with van der Waals surface area (Å²) in [4.78, 5) is 8.71. The number of nitrogens with zero attached hydrogens (tertiary/aromatic N) is 2. The minimum atomic E-state index is -0.577. The van der Waals surface area contributed by atoms with E-state index in [1.807, 2.05) is 37.3 Å². The van der Waals surface area contributed by atoms with Crippen molar-refractivity contribution >= 4 is 11.0 Å². The maximum absolute atomic E-state index is 9.15. The molecule has 5 nitrogen and oxygen atoms in total. The number of aryl methyl sites for hydroxylation is 1. The molecule has 0 saturated heterocycles. The smallest absolute Gasteiger partial charge is 0.148 e. The molecule has 0 bridgehead atoms. The summed E-state index contributed by atoms with van der Waals surface area (Å²) < 4.78 is 5.53. The molecule has 3 aromatic rings. The molecule has 0 aliphatic rings. The van der Waals surface area contributed by atoms with Gasteiger partial charge in [0.05, 0.1) is 18.3 Å². The third kappa shape index (κ3) is 2.17. The zero-order valence-electron chi connectivity index (χ0n) is 11.1. The maximum Gasteiger partial charge on any atom is 0.148 e. The number of hydrogen-bond donors (Lipinski definition) is 2. The number of aliphatic hydroxyl groups excluding tert-OH is 1. The largest absolute Gasteiger partial charge is 0.464 e. The van der Waals surface area contributed by atoms with E-state index in [0.717, 1.165) is 27.9 Å². The van der Waals surface area contributed by atoms with E-state index in [0.29, 0.717) is 5.82 Å². The molecule has 0 aliphatic carbocycles. The number of rotatable bonds is 3.